The SMILES string of the molecule is CC[C@H](CO)NC(=O)c1cc([N+](=O)[O-])c[nH]1. The summed E-state index contributed by atoms with van der Waals surface area (Å²) in [6.45, 7) is 1.66. The van der Waals surface area contributed by atoms with Crippen LogP contribution in [0.25, 0.3) is 0 Å². The number of carbonyl (C=O) groups excluding carboxylic acids is 1. The van der Waals surface area contributed by atoms with E-state index in [1.165, 1.54) is 0 Å². The van der Waals surface area contributed by atoms with Gasteiger partial charge in [0.15, 0.2) is 0 Å². The number of nitrogens with one attached hydrogen (secondary N) is 2. The lowest BCUT2D eigenvalue weighted by Crippen LogP contribution is -2.37. The van der Waals surface area contributed by atoms with Crippen molar-refractivity contribution in [1.82, 2.24) is 10.3 Å². The number of aromatic nitrogens is 1. The molecule has 1 heterocycles. The summed E-state index contributed by atoms with van der Waals surface area (Å²) >= 11 is 0. The van der Waals surface area contributed by atoms with Crippen LogP contribution in [0.15, 0.2) is 12.3 Å². The minimum atomic E-state index is -0.587. The fourth-order valence-electron chi connectivity index (χ4n) is 1.16. The highest BCUT2D eigenvalue weighted by Crippen LogP contribution is 2.12. The smallest absolute Gasteiger partial charge is 0.287 e. The second-order valence-electron chi connectivity index (χ2n) is 3.29. The molecule has 0 aliphatic rings. The molecule has 88 valence electrons. The lowest BCUT2D eigenvalue weighted by molar-refractivity contribution is -0.384. The van der Waals surface area contributed by atoms with Gasteiger partial charge in [0.1, 0.15) is 5.69 Å². The van der Waals surface area contributed by atoms with E-state index in [-0.39, 0.29) is 24.0 Å². The Hall–Kier alpha value is -1.89. The van der Waals surface area contributed by atoms with Gasteiger partial charge >= 0.3 is 0 Å². The van der Waals surface area contributed by atoms with Gasteiger partial charge in [0.2, 0.25) is 0 Å². The number of nitrogens with zero attached hydrogens (tertiary/aromatic N) is 1. The predicted octanol–water partition coefficient (Wildman–Crippen LogP) is 0.424. The van der Waals surface area contributed by atoms with E-state index in [2.05, 4.69) is 10.3 Å². The van der Waals surface area contributed by atoms with Crippen molar-refractivity contribution >= 4 is 11.6 Å². The maximum absolute atomic E-state index is 11.5. The maximum atomic E-state index is 11.5. The highest BCUT2D eigenvalue weighted by molar-refractivity contribution is 5.93. The van der Waals surface area contributed by atoms with Crippen LogP contribution in [0.3, 0.4) is 0 Å². The highest BCUT2D eigenvalue weighted by Gasteiger charge is 2.16. The molecule has 1 amide bonds. The summed E-state index contributed by atoms with van der Waals surface area (Å²) in [7, 11) is 0. The van der Waals surface area contributed by atoms with E-state index in [0.717, 1.165) is 12.3 Å². The third-order valence-electron chi connectivity index (χ3n) is 2.17. The van der Waals surface area contributed by atoms with Crippen molar-refractivity contribution in [2.75, 3.05) is 6.61 Å². The van der Waals surface area contributed by atoms with Gasteiger partial charge in [-0.2, -0.15) is 0 Å². The number of aromatic amines is 1. The minimum Gasteiger partial charge on any atom is -0.394 e. The first-order chi connectivity index (χ1) is 7.58. The summed E-state index contributed by atoms with van der Waals surface area (Å²) in [6, 6.07) is 0.814. The normalized spacial score (nSPS) is 12.1. The molecule has 1 aromatic rings. The van der Waals surface area contributed by atoms with Gasteiger partial charge in [-0.25, -0.2) is 0 Å². The van der Waals surface area contributed by atoms with Crippen molar-refractivity contribution in [1.29, 1.82) is 0 Å². The molecule has 7 nitrogen and oxygen atoms in total. The Morgan fingerprint density at radius 1 is 1.75 bits per heavy atom. The fourth-order valence-corrected chi connectivity index (χ4v) is 1.16. The highest BCUT2D eigenvalue weighted by atomic mass is 16.6. The number of aliphatic hydroxyl groups is 1. The molecule has 1 atom stereocenters. The summed E-state index contributed by atoms with van der Waals surface area (Å²) in [5, 5.41) is 21.8. The number of aliphatic hydroxyl groups excluding tert-OH is 1. The van der Waals surface area contributed by atoms with Crippen molar-refractivity contribution in [2.45, 2.75) is 19.4 Å². The zero-order valence-corrected chi connectivity index (χ0v) is 8.77. The summed E-state index contributed by atoms with van der Waals surface area (Å²) in [6.07, 6.45) is 1.74. The van der Waals surface area contributed by atoms with E-state index in [0.29, 0.717) is 6.42 Å². The second-order valence-corrected chi connectivity index (χ2v) is 3.29. The number of hydrogen-bond donors (Lipinski definition) is 3. The van der Waals surface area contributed by atoms with Crippen molar-refractivity contribution in [3.63, 3.8) is 0 Å². The predicted molar refractivity (Wildman–Crippen MR) is 56.1 cm³/mol. The van der Waals surface area contributed by atoms with Gasteiger partial charge in [-0.05, 0) is 6.42 Å². The van der Waals surface area contributed by atoms with Crippen LogP contribution in [0, 0.1) is 10.1 Å². The van der Waals surface area contributed by atoms with Gasteiger partial charge in [-0.3, -0.25) is 14.9 Å². The molecule has 3 N–H and O–H groups in total. The molecule has 7 heteroatoms. The van der Waals surface area contributed by atoms with E-state index >= 15 is 0 Å². The van der Waals surface area contributed by atoms with E-state index in [9.17, 15) is 14.9 Å². The molecule has 0 fully saturated rings. The third kappa shape index (κ3) is 2.80. The largest absolute Gasteiger partial charge is 0.394 e. The topological polar surface area (TPSA) is 108 Å². The first kappa shape index (κ1) is 12.2. The Labute approximate surface area is 91.6 Å². The molecule has 0 saturated carbocycles. The molecule has 0 aliphatic heterocycles. The quantitative estimate of drug-likeness (QED) is 0.500. The zero-order chi connectivity index (χ0) is 12.1. The maximum Gasteiger partial charge on any atom is 0.287 e. The van der Waals surface area contributed by atoms with Gasteiger partial charge in [0.05, 0.1) is 23.8 Å². The molecule has 0 spiro atoms. The summed E-state index contributed by atoms with van der Waals surface area (Å²) in [5.41, 5.74) is -0.0548. The Morgan fingerprint density at radius 3 is 2.88 bits per heavy atom. The molecule has 0 saturated heterocycles. The zero-order valence-electron chi connectivity index (χ0n) is 8.77. The van der Waals surface area contributed by atoms with Gasteiger partial charge in [-0.1, -0.05) is 6.92 Å². The first-order valence-electron chi connectivity index (χ1n) is 4.83. The van der Waals surface area contributed by atoms with E-state index in [4.69, 9.17) is 5.11 Å². The van der Waals surface area contributed by atoms with Crippen LogP contribution in [-0.4, -0.2) is 33.6 Å². The number of rotatable bonds is 5. The van der Waals surface area contributed by atoms with Crippen LogP contribution in [0.4, 0.5) is 5.69 Å². The molecule has 1 aromatic heterocycles. The molecule has 0 unspecified atom stereocenters. The first-order valence-corrected chi connectivity index (χ1v) is 4.83. The molecule has 1 rings (SSSR count). The van der Waals surface area contributed by atoms with Crippen molar-refractivity contribution < 1.29 is 14.8 Å². The van der Waals surface area contributed by atoms with Crippen molar-refractivity contribution in [3.05, 3.63) is 28.1 Å². The van der Waals surface area contributed by atoms with Gasteiger partial charge in [-0.15, -0.1) is 0 Å². The monoisotopic (exact) mass is 227 g/mol. The lowest BCUT2D eigenvalue weighted by Gasteiger charge is -2.12. The second kappa shape index (κ2) is 5.26. The Morgan fingerprint density at radius 2 is 2.44 bits per heavy atom. The molecular formula is C9H13N3O4. The molecular weight excluding hydrogens is 214 g/mol. The number of H-pyrrole nitrogens is 1. The fraction of sp³-hybridized carbons (Fsp3) is 0.444. The van der Waals surface area contributed by atoms with E-state index in [1.54, 1.807) is 0 Å². The average Bonchev–Trinajstić information content (AvgIpc) is 2.74. The molecule has 0 aliphatic carbocycles. The molecule has 0 radical (unpaired) electrons. The van der Waals surface area contributed by atoms with Gasteiger partial charge < -0.3 is 15.4 Å². The summed E-state index contributed by atoms with van der Waals surface area (Å²) in [5.74, 6) is -0.464. The number of carbonyl (C=O) groups is 1. The summed E-state index contributed by atoms with van der Waals surface area (Å²) < 4.78 is 0. The van der Waals surface area contributed by atoms with Crippen molar-refractivity contribution in [2.24, 2.45) is 0 Å². The van der Waals surface area contributed by atoms with Crippen LogP contribution >= 0.6 is 0 Å². The standard InChI is InChI=1S/C9H13N3O4/c1-2-6(5-13)11-9(14)8-3-7(4-10-8)12(15)16/h3-4,6,10,13H,2,5H2,1H3,(H,11,14)/t6-/m1/s1. The Kier molecular flexibility index (Phi) is 4.01. The summed E-state index contributed by atoms with van der Waals surface area (Å²) in [4.78, 5) is 23.8. The van der Waals surface area contributed by atoms with E-state index < -0.39 is 10.8 Å². The third-order valence-corrected chi connectivity index (χ3v) is 2.17. The Bertz CT molecular complexity index is 384. The number of nitro groups is 1. The van der Waals surface area contributed by atoms with Crippen molar-refractivity contribution in [3.8, 4) is 0 Å². The van der Waals surface area contributed by atoms with E-state index in [1.807, 2.05) is 6.92 Å². The number of amides is 1. The van der Waals surface area contributed by atoms with Gasteiger partial charge in [0.25, 0.3) is 11.6 Å². The van der Waals surface area contributed by atoms with Crippen LogP contribution < -0.4 is 5.32 Å². The molecule has 0 bridgehead atoms. The van der Waals surface area contributed by atoms with Crippen LogP contribution in [0.2, 0.25) is 0 Å². The lowest BCUT2D eigenvalue weighted by atomic mass is 10.2. The molecule has 16 heavy (non-hydrogen) atoms. The minimum absolute atomic E-state index is 0.110. The number of hydrogen-bond acceptors (Lipinski definition) is 4. The van der Waals surface area contributed by atoms with Crippen LogP contribution in [0.1, 0.15) is 23.8 Å². The van der Waals surface area contributed by atoms with Gasteiger partial charge in [0, 0.05) is 6.07 Å². The van der Waals surface area contributed by atoms with Crippen LogP contribution in [0.5, 0.6) is 0 Å². The molecule has 0 aromatic carbocycles. The Balaban J connectivity index is 2.69. The average molecular weight is 227 g/mol. The van der Waals surface area contributed by atoms with Crippen LogP contribution in [-0.2, 0) is 0 Å².